The standard InChI is InChI=1S/C19H25FN4O3/c1-24(2)18-16(19(25)22-11-12-6-8-21-9-7-12)17(27-23-18)13-4-5-14(20)15(10-13)26-3/h4-5,10,12,21H,6-9,11H2,1-3H3,(H,22,25). The molecule has 1 aliphatic heterocycles. The van der Waals surface area contributed by atoms with E-state index in [9.17, 15) is 9.18 Å². The molecule has 1 saturated heterocycles. The summed E-state index contributed by atoms with van der Waals surface area (Å²) >= 11 is 0. The number of hydrogen-bond acceptors (Lipinski definition) is 6. The molecule has 1 amide bonds. The van der Waals surface area contributed by atoms with Crippen LogP contribution in [0.3, 0.4) is 0 Å². The van der Waals surface area contributed by atoms with Gasteiger partial charge in [-0.2, -0.15) is 0 Å². The smallest absolute Gasteiger partial charge is 0.259 e. The highest BCUT2D eigenvalue weighted by Gasteiger charge is 2.26. The lowest BCUT2D eigenvalue weighted by Gasteiger charge is -2.22. The molecule has 2 N–H and O–H groups in total. The summed E-state index contributed by atoms with van der Waals surface area (Å²) < 4.78 is 24.2. The number of piperidine rings is 1. The van der Waals surface area contributed by atoms with Crippen molar-refractivity contribution in [1.82, 2.24) is 15.8 Å². The van der Waals surface area contributed by atoms with Crippen molar-refractivity contribution in [1.29, 1.82) is 0 Å². The minimum absolute atomic E-state index is 0.0800. The van der Waals surface area contributed by atoms with Gasteiger partial charge in [0.15, 0.2) is 23.1 Å². The molecule has 3 rings (SSSR count). The number of ether oxygens (including phenoxy) is 1. The van der Waals surface area contributed by atoms with Gasteiger partial charge < -0.3 is 24.8 Å². The van der Waals surface area contributed by atoms with Gasteiger partial charge in [-0.15, -0.1) is 0 Å². The van der Waals surface area contributed by atoms with E-state index in [1.165, 1.54) is 19.2 Å². The molecule has 2 aromatic rings. The maximum atomic E-state index is 13.7. The third kappa shape index (κ3) is 4.21. The Kier molecular flexibility index (Phi) is 5.95. The maximum absolute atomic E-state index is 13.7. The van der Waals surface area contributed by atoms with Crippen LogP contribution in [0.4, 0.5) is 10.2 Å². The lowest BCUT2D eigenvalue weighted by molar-refractivity contribution is 0.0945. The first-order chi connectivity index (χ1) is 13.0. The number of halogens is 1. The SMILES string of the molecule is COc1cc(-c2onc(N(C)C)c2C(=O)NCC2CCNCC2)ccc1F. The first-order valence-electron chi connectivity index (χ1n) is 9.01. The number of nitrogens with zero attached hydrogens (tertiary/aromatic N) is 2. The number of hydrogen-bond donors (Lipinski definition) is 2. The van der Waals surface area contributed by atoms with E-state index in [0.717, 1.165) is 25.9 Å². The highest BCUT2D eigenvalue weighted by molar-refractivity contribution is 6.04. The molecule has 8 heteroatoms. The lowest BCUT2D eigenvalue weighted by atomic mass is 9.98. The van der Waals surface area contributed by atoms with Crippen molar-refractivity contribution in [3.05, 3.63) is 29.6 Å². The average molecular weight is 376 g/mol. The molecule has 0 radical (unpaired) electrons. The summed E-state index contributed by atoms with van der Waals surface area (Å²) in [7, 11) is 4.97. The summed E-state index contributed by atoms with van der Waals surface area (Å²) in [5.41, 5.74) is 0.864. The normalized spacial score (nSPS) is 14.8. The van der Waals surface area contributed by atoms with Gasteiger partial charge >= 0.3 is 0 Å². The predicted molar refractivity (Wildman–Crippen MR) is 101 cm³/mol. The molecule has 1 fully saturated rings. The second-order valence-corrected chi connectivity index (χ2v) is 6.86. The van der Waals surface area contributed by atoms with Gasteiger partial charge in [0.2, 0.25) is 0 Å². The van der Waals surface area contributed by atoms with Gasteiger partial charge in [0.05, 0.1) is 7.11 Å². The summed E-state index contributed by atoms with van der Waals surface area (Å²) in [6.07, 6.45) is 2.07. The highest BCUT2D eigenvalue weighted by Crippen LogP contribution is 2.33. The molecule has 27 heavy (non-hydrogen) atoms. The molecular weight excluding hydrogens is 351 g/mol. The zero-order chi connectivity index (χ0) is 19.4. The van der Waals surface area contributed by atoms with Crippen molar-refractivity contribution >= 4 is 11.7 Å². The Morgan fingerprint density at radius 1 is 1.41 bits per heavy atom. The van der Waals surface area contributed by atoms with Crippen LogP contribution in [-0.4, -0.2) is 51.9 Å². The largest absolute Gasteiger partial charge is 0.494 e. The molecule has 0 atom stereocenters. The Bertz CT molecular complexity index is 800. The molecule has 0 spiro atoms. The Balaban J connectivity index is 1.88. The van der Waals surface area contributed by atoms with Gasteiger partial charge in [0.25, 0.3) is 5.91 Å². The Labute approximate surface area is 157 Å². The number of rotatable bonds is 6. The zero-order valence-electron chi connectivity index (χ0n) is 15.8. The van der Waals surface area contributed by atoms with Crippen molar-refractivity contribution < 1.29 is 18.4 Å². The third-order valence-corrected chi connectivity index (χ3v) is 4.75. The third-order valence-electron chi connectivity index (χ3n) is 4.75. The monoisotopic (exact) mass is 376 g/mol. The zero-order valence-corrected chi connectivity index (χ0v) is 15.8. The number of nitrogens with one attached hydrogen (secondary N) is 2. The molecule has 2 heterocycles. The van der Waals surface area contributed by atoms with Crippen LogP contribution in [0.2, 0.25) is 0 Å². The van der Waals surface area contributed by atoms with E-state index in [4.69, 9.17) is 9.26 Å². The topological polar surface area (TPSA) is 79.6 Å². The molecule has 0 unspecified atom stereocenters. The van der Waals surface area contributed by atoms with Crippen LogP contribution < -0.4 is 20.3 Å². The summed E-state index contributed by atoms with van der Waals surface area (Å²) in [5, 5.41) is 10.3. The highest BCUT2D eigenvalue weighted by atomic mass is 19.1. The lowest BCUT2D eigenvalue weighted by Crippen LogP contribution is -2.36. The summed E-state index contributed by atoms with van der Waals surface area (Å²) in [6.45, 7) is 2.54. The van der Waals surface area contributed by atoms with Crippen molar-refractivity contribution in [3.8, 4) is 17.1 Å². The van der Waals surface area contributed by atoms with E-state index in [-0.39, 0.29) is 11.7 Å². The van der Waals surface area contributed by atoms with Crippen molar-refractivity contribution in [3.63, 3.8) is 0 Å². The van der Waals surface area contributed by atoms with Crippen LogP contribution in [0.25, 0.3) is 11.3 Å². The van der Waals surface area contributed by atoms with Crippen molar-refractivity contribution in [2.45, 2.75) is 12.8 Å². The van der Waals surface area contributed by atoms with Crippen LogP contribution in [0.5, 0.6) is 5.75 Å². The van der Waals surface area contributed by atoms with Crippen LogP contribution >= 0.6 is 0 Å². The first kappa shape index (κ1) is 19.2. The Morgan fingerprint density at radius 3 is 2.81 bits per heavy atom. The van der Waals surface area contributed by atoms with Gasteiger partial charge in [-0.25, -0.2) is 4.39 Å². The minimum atomic E-state index is -0.481. The van der Waals surface area contributed by atoms with E-state index in [2.05, 4.69) is 15.8 Å². The number of benzene rings is 1. The number of carbonyl (C=O) groups is 1. The molecule has 1 aromatic carbocycles. The van der Waals surface area contributed by atoms with E-state index in [1.54, 1.807) is 25.1 Å². The maximum Gasteiger partial charge on any atom is 0.259 e. The van der Waals surface area contributed by atoms with Crippen LogP contribution in [-0.2, 0) is 0 Å². The summed E-state index contributed by atoms with van der Waals surface area (Å²) in [6, 6.07) is 4.32. The van der Waals surface area contributed by atoms with E-state index < -0.39 is 5.82 Å². The predicted octanol–water partition coefficient (Wildman–Crippen LogP) is 2.28. The van der Waals surface area contributed by atoms with Crippen LogP contribution in [0.1, 0.15) is 23.2 Å². The second-order valence-electron chi connectivity index (χ2n) is 6.86. The molecule has 0 aliphatic carbocycles. The molecule has 1 aromatic heterocycles. The number of aromatic nitrogens is 1. The van der Waals surface area contributed by atoms with Crippen molar-refractivity contribution in [2.24, 2.45) is 5.92 Å². The fraction of sp³-hybridized carbons (Fsp3) is 0.474. The van der Waals surface area contributed by atoms with E-state index >= 15 is 0 Å². The fourth-order valence-corrected chi connectivity index (χ4v) is 3.20. The molecule has 0 saturated carbocycles. The van der Waals surface area contributed by atoms with E-state index in [0.29, 0.717) is 35.2 Å². The number of amides is 1. The Morgan fingerprint density at radius 2 is 2.15 bits per heavy atom. The summed E-state index contributed by atoms with van der Waals surface area (Å²) in [4.78, 5) is 14.6. The van der Waals surface area contributed by atoms with Gasteiger partial charge in [0, 0.05) is 26.2 Å². The fourth-order valence-electron chi connectivity index (χ4n) is 3.20. The molecular formula is C19H25FN4O3. The van der Waals surface area contributed by atoms with Crippen molar-refractivity contribution in [2.75, 3.05) is 45.7 Å². The minimum Gasteiger partial charge on any atom is -0.494 e. The van der Waals surface area contributed by atoms with Crippen LogP contribution in [0, 0.1) is 11.7 Å². The van der Waals surface area contributed by atoms with Gasteiger partial charge in [-0.05, 0) is 50.0 Å². The molecule has 1 aliphatic rings. The van der Waals surface area contributed by atoms with E-state index in [1.807, 2.05) is 0 Å². The Hall–Kier alpha value is -2.61. The number of carbonyl (C=O) groups excluding carboxylic acids is 1. The average Bonchev–Trinajstić information content (AvgIpc) is 3.13. The van der Waals surface area contributed by atoms with Gasteiger partial charge in [0.1, 0.15) is 5.56 Å². The number of anilines is 1. The second kappa shape index (κ2) is 8.39. The first-order valence-corrected chi connectivity index (χ1v) is 9.01. The van der Waals surface area contributed by atoms with Gasteiger partial charge in [-0.1, -0.05) is 5.16 Å². The van der Waals surface area contributed by atoms with Crippen LogP contribution in [0.15, 0.2) is 22.7 Å². The summed E-state index contributed by atoms with van der Waals surface area (Å²) in [5.74, 6) is 0.516. The molecule has 146 valence electrons. The molecule has 0 bridgehead atoms. The molecule has 7 nitrogen and oxygen atoms in total. The van der Waals surface area contributed by atoms with Gasteiger partial charge in [-0.3, -0.25) is 4.79 Å². The quantitative estimate of drug-likeness (QED) is 0.805. The number of methoxy groups -OCH3 is 1.